The quantitative estimate of drug-likeness (QED) is 0.593. The maximum Gasteiger partial charge on any atom is 0.315 e. The van der Waals surface area contributed by atoms with Crippen molar-refractivity contribution >= 4 is 5.97 Å². The molecule has 0 aliphatic carbocycles. The van der Waals surface area contributed by atoms with Crippen LogP contribution in [-0.2, 0) is 17.8 Å². The van der Waals surface area contributed by atoms with Gasteiger partial charge in [0.1, 0.15) is 17.3 Å². The summed E-state index contributed by atoms with van der Waals surface area (Å²) in [5.74, 6) is 1.76. The van der Waals surface area contributed by atoms with Gasteiger partial charge in [0.25, 0.3) is 0 Å². The summed E-state index contributed by atoms with van der Waals surface area (Å²) in [6.45, 7) is -0.0407. The number of benzene rings is 2. The normalized spacial score (nSPS) is 13.0. The van der Waals surface area contributed by atoms with Gasteiger partial charge in [0.2, 0.25) is 0 Å². The van der Waals surface area contributed by atoms with Crippen LogP contribution in [0.15, 0.2) is 59.0 Å². The minimum atomic E-state index is -0.228. The van der Waals surface area contributed by atoms with E-state index in [1.807, 2.05) is 54.6 Å². The molecule has 1 aromatic heterocycles. The molecule has 2 aromatic carbocycles. The van der Waals surface area contributed by atoms with E-state index in [4.69, 9.17) is 9.15 Å². The minimum absolute atomic E-state index is 0.0407. The molecule has 0 amide bonds. The van der Waals surface area contributed by atoms with E-state index in [2.05, 4.69) is 0 Å². The number of esters is 1. The van der Waals surface area contributed by atoms with Crippen LogP contribution in [0.3, 0.4) is 0 Å². The van der Waals surface area contributed by atoms with E-state index >= 15 is 0 Å². The van der Waals surface area contributed by atoms with Crippen molar-refractivity contribution in [1.29, 1.82) is 0 Å². The van der Waals surface area contributed by atoms with Crippen LogP contribution < -0.4 is 4.74 Å². The molecule has 0 spiro atoms. The molecule has 0 saturated heterocycles. The van der Waals surface area contributed by atoms with Crippen LogP contribution in [0.4, 0.5) is 0 Å². The van der Waals surface area contributed by atoms with Gasteiger partial charge in [-0.15, -0.1) is 0 Å². The number of furan rings is 1. The predicted octanol–water partition coefficient (Wildman–Crippen LogP) is 3.57. The summed E-state index contributed by atoms with van der Waals surface area (Å²) in [6.07, 6.45) is 0.322. The van der Waals surface area contributed by atoms with Gasteiger partial charge in [-0.1, -0.05) is 36.4 Å². The van der Waals surface area contributed by atoms with E-state index < -0.39 is 0 Å². The monoisotopic (exact) mass is 306 g/mol. The van der Waals surface area contributed by atoms with E-state index in [0.29, 0.717) is 23.7 Å². The number of aliphatic hydroxyl groups excluding tert-OH is 1. The van der Waals surface area contributed by atoms with Crippen LogP contribution >= 0.6 is 0 Å². The second-order valence-electron chi connectivity index (χ2n) is 5.45. The van der Waals surface area contributed by atoms with Gasteiger partial charge in [-0.2, -0.15) is 0 Å². The fourth-order valence-electron chi connectivity index (χ4n) is 2.80. The van der Waals surface area contributed by atoms with Crippen molar-refractivity contribution in [3.63, 3.8) is 0 Å². The van der Waals surface area contributed by atoms with Gasteiger partial charge in [-0.25, -0.2) is 0 Å². The molecule has 4 rings (SSSR count). The number of hydrogen-bond donors (Lipinski definition) is 1. The number of carbonyl (C=O) groups excluding carboxylic acids is 1. The molecule has 0 bridgehead atoms. The highest BCUT2D eigenvalue weighted by atomic mass is 16.5. The number of aliphatic hydroxyl groups is 1. The molecule has 4 heteroatoms. The van der Waals surface area contributed by atoms with Crippen molar-refractivity contribution in [2.75, 3.05) is 0 Å². The molecule has 0 atom stereocenters. The molecule has 114 valence electrons. The molecule has 1 aliphatic heterocycles. The Morgan fingerprint density at radius 2 is 1.83 bits per heavy atom. The zero-order valence-corrected chi connectivity index (χ0v) is 12.3. The van der Waals surface area contributed by atoms with Crippen molar-refractivity contribution in [3.8, 4) is 28.4 Å². The van der Waals surface area contributed by atoms with Crippen LogP contribution in [0.5, 0.6) is 5.75 Å². The first kappa shape index (κ1) is 13.8. The maximum absolute atomic E-state index is 11.3. The number of hydrogen-bond acceptors (Lipinski definition) is 4. The Morgan fingerprint density at radius 3 is 2.70 bits per heavy atom. The first-order chi connectivity index (χ1) is 11.2. The Balaban J connectivity index is 1.71. The zero-order chi connectivity index (χ0) is 15.8. The van der Waals surface area contributed by atoms with Crippen molar-refractivity contribution in [2.24, 2.45) is 0 Å². The molecule has 2 heterocycles. The lowest BCUT2D eigenvalue weighted by atomic mass is 10.1. The zero-order valence-electron chi connectivity index (χ0n) is 12.3. The molecular formula is C19H14O4. The Labute approximate surface area is 132 Å². The van der Waals surface area contributed by atoms with Gasteiger partial charge in [-0.05, 0) is 23.8 Å². The standard InChI is InChI=1S/C19H14O4/c20-11-14-3-1-2-4-15(14)17-8-7-16(22-17)12-5-6-13-10-19(21)23-18(13)9-12/h1-9,20H,10-11H2. The highest BCUT2D eigenvalue weighted by Crippen LogP contribution is 2.34. The van der Waals surface area contributed by atoms with Gasteiger partial charge < -0.3 is 14.3 Å². The van der Waals surface area contributed by atoms with Gasteiger partial charge >= 0.3 is 5.97 Å². The van der Waals surface area contributed by atoms with E-state index in [1.54, 1.807) is 0 Å². The average molecular weight is 306 g/mol. The highest BCUT2D eigenvalue weighted by Gasteiger charge is 2.21. The third-order valence-corrected chi connectivity index (χ3v) is 3.97. The van der Waals surface area contributed by atoms with E-state index in [0.717, 1.165) is 22.3 Å². The van der Waals surface area contributed by atoms with E-state index in [-0.39, 0.29) is 12.6 Å². The third kappa shape index (κ3) is 2.43. The fraction of sp³-hybridized carbons (Fsp3) is 0.105. The van der Waals surface area contributed by atoms with Gasteiger partial charge in [0, 0.05) is 16.7 Å². The number of rotatable bonds is 3. The Hall–Kier alpha value is -2.85. The molecular weight excluding hydrogens is 292 g/mol. The number of fused-ring (bicyclic) bond motifs is 1. The molecule has 23 heavy (non-hydrogen) atoms. The summed E-state index contributed by atoms with van der Waals surface area (Å²) in [5.41, 5.74) is 3.44. The molecule has 0 saturated carbocycles. The lowest BCUT2D eigenvalue weighted by Crippen LogP contribution is -2.00. The van der Waals surface area contributed by atoms with Crippen molar-refractivity contribution in [3.05, 3.63) is 65.7 Å². The Morgan fingerprint density at radius 1 is 1.00 bits per heavy atom. The summed E-state index contributed by atoms with van der Waals surface area (Å²) in [7, 11) is 0. The van der Waals surface area contributed by atoms with Gasteiger partial charge in [-0.3, -0.25) is 4.79 Å². The van der Waals surface area contributed by atoms with Crippen molar-refractivity contribution in [1.82, 2.24) is 0 Å². The minimum Gasteiger partial charge on any atom is -0.456 e. The van der Waals surface area contributed by atoms with E-state index in [1.165, 1.54) is 0 Å². The first-order valence-corrected chi connectivity index (χ1v) is 7.37. The highest BCUT2D eigenvalue weighted by molar-refractivity contribution is 5.82. The lowest BCUT2D eigenvalue weighted by Gasteiger charge is -2.04. The molecule has 0 radical (unpaired) electrons. The van der Waals surface area contributed by atoms with Crippen LogP contribution in [0.1, 0.15) is 11.1 Å². The van der Waals surface area contributed by atoms with Crippen LogP contribution in [0, 0.1) is 0 Å². The first-order valence-electron chi connectivity index (χ1n) is 7.37. The Bertz CT molecular complexity index is 892. The second kappa shape index (κ2) is 5.41. The average Bonchev–Trinajstić information content (AvgIpc) is 3.19. The number of carbonyl (C=O) groups is 1. The van der Waals surface area contributed by atoms with Crippen LogP contribution in [0.2, 0.25) is 0 Å². The maximum atomic E-state index is 11.3. The summed E-state index contributed by atoms with van der Waals surface area (Å²) >= 11 is 0. The smallest absolute Gasteiger partial charge is 0.315 e. The largest absolute Gasteiger partial charge is 0.456 e. The number of ether oxygens (including phenoxy) is 1. The lowest BCUT2D eigenvalue weighted by molar-refractivity contribution is -0.131. The Kier molecular flexibility index (Phi) is 3.24. The summed E-state index contributed by atoms with van der Waals surface area (Å²) < 4.78 is 11.1. The van der Waals surface area contributed by atoms with Crippen molar-refractivity contribution in [2.45, 2.75) is 13.0 Å². The second-order valence-corrected chi connectivity index (χ2v) is 5.45. The van der Waals surface area contributed by atoms with Gasteiger partial charge in [0.15, 0.2) is 0 Å². The topological polar surface area (TPSA) is 59.7 Å². The summed E-state index contributed by atoms with van der Waals surface area (Å²) in [6, 6.07) is 17.0. The summed E-state index contributed by atoms with van der Waals surface area (Å²) in [4.78, 5) is 11.3. The molecule has 1 N–H and O–H groups in total. The molecule has 3 aromatic rings. The predicted molar refractivity (Wildman–Crippen MR) is 84.8 cm³/mol. The fourth-order valence-corrected chi connectivity index (χ4v) is 2.80. The van der Waals surface area contributed by atoms with Crippen molar-refractivity contribution < 1.29 is 19.1 Å². The SMILES string of the molecule is O=C1Cc2ccc(-c3ccc(-c4ccccc4CO)o3)cc2O1. The molecule has 0 fully saturated rings. The van der Waals surface area contributed by atoms with E-state index in [9.17, 15) is 9.90 Å². The molecule has 4 nitrogen and oxygen atoms in total. The summed E-state index contributed by atoms with van der Waals surface area (Å²) in [5, 5.41) is 9.44. The van der Waals surface area contributed by atoms with Crippen LogP contribution in [0.25, 0.3) is 22.6 Å². The third-order valence-electron chi connectivity index (χ3n) is 3.97. The van der Waals surface area contributed by atoms with Gasteiger partial charge in [0.05, 0.1) is 13.0 Å². The molecule has 1 aliphatic rings. The van der Waals surface area contributed by atoms with Crippen LogP contribution in [-0.4, -0.2) is 11.1 Å². The molecule has 0 unspecified atom stereocenters.